The molecule has 2 N–H and O–H groups in total. The number of phenols is 1. The minimum Gasteiger partial charge on any atom is -0.507 e. The van der Waals surface area contributed by atoms with Crippen molar-refractivity contribution in [2.24, 2.45) is 0 Å². The fourth-order valence-electron chi connectivity index (χ4n) is 4.48. The van der Waals surface area contributed by atoms with E-state index in [1.807, 2.05) is 31.2 Å². The zero-order valence-corrected chi connectivity index (χ0v) is 19.4. The van der Waals surface area contributed by atoms with E-state index in [2.05, 4.69) is 9.80 Å². The van der Waals surface area contributed by atoms with Gasteiger partial charge in [-0.2, -0.15) is 0 Å². The summed E-state index contributed by atoms with van der Waals surface area (Å²) < 4.78 is 7.35. The maximum Gasteiger partial charge on any atom is 0.203 e. The Kier molecular flexibility index (Phi) is 6.16. The standard InChI is InChI=1S/C25H27N3O4S/c1-2-20-22(25-26-18-5-3-4-6-21(18)33-25)23(31)16-7-8-19(30)17(24(16)32-20)15-28-11-9-27(10-12-28)13-14-29/h3-8,29-30H,2,9-15H2,1H3. The van der Waals surface area contributed by atoms with Crippen LogP contribution < -0.4 is 5.43 Å². The third kappa shape index (κ3) is 4.15. The number of para-hydroxylation sites is 1. The van der Waals surface area contributed by atoms with Gasteiger partial charge in [-0.05, 0) is 24.3 Å². The molecule has 172 valence electrons. The second-order valence-corrected chi connectivity index (χ2v) is 9.38. The van der Waals surface area contributed by atoms with E-state index in [0.29, 0.717) is 52.4 Å². The number of piperazine rings is 1. The average Bonchev–Trinajstić information content (AvgIpc) is 3.25. The molecule has 0 amide bonds. The number of fused-ring (bicyclic) bond motifs is 2. The molecule has 1 saturated heterocycles. The Bertz CT molecular complexity index is 1320. The topological polar surface area (TPSA) is 90.0 Å². The van der Waals surface area contributed by atoms with Crippen molar-refractivity contribution in [2.75, 3.05) is 39.3 Å². The van der Waals surface area contributed by atoms with Crippen molar-refractivity contribution in [3.63, 3.8) is 0 Å². The van der Waals surface area contributed by atoms with Crippen LogP contribution in [0.5, 0.6) is 5.75 Å². The average molecular weight is 466 g/mol. The molecule has 7 nitrogen and oxygen atoms in total. The van der Waals surface area contributed by atoms with Crippen molar-refractivity contribution in [3.8, 4) is 16.3 Å². The molecule has 1 fully saturated rings. The lowest BCUT2D eigenvalue weighted by molar-refractivity contribution is 0.108. The molecule has 5 rings (SSSR count). The number of aryl methyl sites for hydroxylation is 1. The summed E-state index contributed by atoms with van der Waals surface area (Å²) in [5.74, 6) is 0.726. The summed E-state index contributed by atoms with van der Waals surface area (Å²) in [6.45, 7) is 6.67. The minimum atomic E-state index is -0.110. The molecule has 2 aromatic carbocycles. The second kappa shape index (κ2) is 9.23. The van der Waals surface area contributed by atoms with E-state index >= 15 is 0 Å². The summed E-state index contributed by atoms with van der Waals surface area (Å²) in [6.07, 6.45) is 0.547. The lowest BCUT2D eigenvalue weighted by Crippen LogP contribution is -2.46. The van der Waals surface area contributed by atoms with Gasteiger partial charge >= 0.3 is 0 Å². The van der Waals surface area contributed by atoms with E-state index in [-0.39, 0.29) is 17.8 Å². The van der Waals surface area contributed by atoms with Crippen LogP contribution in [-0.4, -0.2) is 64.3 Å². The first-order valence-electron chi connectivity index (χ1n) is 11.3. The maximum absolute atomic E-state index is 13.6. The smallest absolute Gasteiger partial charge is 0.203 e. The molecule has 0 bridgehead atoms. The van der Waals surface area contributed by atoms with Crippen LogP contribution >= 0.6 is 11.3 Å². The van der Waals surface area contributed by atoms with Crippen LogP contribution in [0.4, 0.5) is 0 Å². The number of phenolic OH excluding ortho intramolecular Hbond substituents is 1. The quantitative estimate of drug-likeness (QED) is 0.451. The molecule has 8 heteroatoms. The normalized spacial score (nSPS) is 15.6. The molecule has 2 aromatic heterocycles. The van der Waals surface area contributed by atoms with Crippen LogP contribution in [0.1, 0.15) is 18.2 Å². The van der Waals surface area contributed by atoms with Gasteiger partial charge in [0.1, 0.15) is 22.1 Å². The highest BCUT2D eigenvalue weighted by Gasteiger charge is 2.24. The molecule has 1 aliphatic heterocycles. The Morgan fingerprint density at radius 3 is 2.58 bits per heavy atom. The number of hydrogen-bond donors (Lipinski definition) is 2. The lowest BCUT2D eigenvalue weighted by Gasteiger charge is -2.34. The molecule has 33 heavy (non-hydrogen) atoms. The van der Waals surface area contributed by atoms with E-state index in [9.17, 15) is 9.90 Å². The van der Waals surface area contributed by atoms with Crippen LogP contribution in [0.2, 0.25) is 0 Å². The van der Waals surface area contributed by atoms with E-state index in [1.54, 1.807) is 12.1 Å². The van der Waals surface area contributed by atoms with Gasteiger partial charge in [0.25, 0.3) is 0 Å². The zero-order valence-electron chi connectivity index (χ0n) is 18.6. The van der Waals surface area contributed by atoms with Gasteiger partial charge in [-0.3, -0.25) is 14.6 Å². The van der Waals surface area contributed by atoms with Gasteiger partial charge in [-0.25, -0.2) is 4.98 Å². The molecular formula is C25H27N3O4S. The molecule has 0 unspecified atom stereocenters. The number of β-amino-alcohol motifs (C(OH)–C–C–N with tert-alkyl or cyclic N) is 1. The monoisotopic (exact) mass is 465 g/mol. The maximum atomic E-state index is 13.6. The Balaban J connectivity index is 1.56. The van der Waals surface area contributed by atoms with Crippen LogP contribution in [0, 0.1) is 0 Å². The fourth-order valence-corrected chi connectivity index (χ4v) is 5.51. The van der Waals surface area contributed by atoms with E-state index in [4.69, 9.17) is 14.5 Å². The molecule has 0 atom stereocenters. The molecule has 3 heterocycles. The Morgan fingerprint density at radius 2 is 1.85 bits per heavy atom. The fraction of sp³-hybridized carbons (Fsp3) is 0.360. The summed E-state index contributed by atoms with van der Waals surface area (Å²) in [4.78, 5) is 22.8. The van der Waals surface area contributed by atoms with Crippen LogP contribution in [-0.2, 0) is 13.0 Å². The first-order valence-corrected chi connectivity index (χ1v) is 12.1. The van der Waals surface area contributed by atoms with Gasteiger partial charge in [-0.15, -0.1) is 11.3 Å². The van der Waals surface area contributed by atoms with Crippen LogP contribution in [0.3, 0.4) is 0 Å². The number of thiazole rings is 1. The van der Waals surface area contributed by atoms with Gasteiger partial charge in [0.05, 0.1) is 33.3 Å². The summed E-state index contributed by atoms with van der Waals surface area (Å²) in [5.41, 5.74) is 2.37. The van der Waals surface area contributed by atoms with Crippen molar-refractivity contribution in [2.45, 2.75) is 19.9 Å². The molecule has 0 radical (unpaired) electrons. The van der Waals surface area contributed by atoms with Gasteiger partial charge in [-0.1, -0.05) is 19.1 Å². The molecule has 4 aromatic rings. The number of nitrogens with zero attached hydrogens (tertiary/aromatic N) is 3. The summed E-state index contributed by atoms with van der Waals surface area (Å²) in [7, 11) is 0. The van der Waals surface area contributed by atoms with Gasteiger partial charge in [0.2, 0.25) is 5.43 Å². The van der Waals surface area contributed by atoms with Crippen molar-refractivity contribution in [1.82, 2.24) is 14.8 Å². The number of benzene rings is 2. The first kappa shape index (κ1) is 22.0. The van der Waals surface area contributed by atoms with Gasteiger partial charge < -0.3 is 14.6 Å². The zero-order chi connectivity index (χ0) is 22.9. The SMILES string of the molecule is CCc1oc2c(CN3CCN(CCO)CC3)c(O)ccc2c(=O)c1-c1nc2ccccc2s1. The number of aliphatic hydroxyl groups is 1. The molecule has 1 aliphatic rings. The van der Waals surface area contributed by atoms with E-state index in [0.717, 1.165) is 36.4 Å². The van der Waals surface area contributed by atoms with E-state index in [1.165, 1.54) is 11.3 Å². The molecular weight excluding hydrogens is 438 g/mol. The Morgan fingerprint density at radius 1 is 1.09 bits per heavy atom. The van der Waals surface area contributed by atoms with Crippen LogP contribution in [0.15, 0.2) is 45.6 Å². The summed E-state index contributed by atoms with van der Waals surface area (Å²) in [5, 5.41) is 21.0. The van der Waals surface area contributed by atoms with E-state index < -0.39 is 0 Å². The summed E-state index contributed by atoms with van der Waals surface area (Å²) >= 11 is 1.49. The highest BCUT2D eigenvalue weighted by molar-refractivity contribution is 7.21. The number of hydrogen-bond acceptors (Lipinski definition) is 8. The Hall–Kier alpha value is -2.78. The van der Waals surface area contributed by atoms with Gasteiger partial charge in [0, 0.05) is 45.7 Å². The van der Waals surface area contributed by atoms with Crippen molar-refractivity contribution in [1.29, 1.82) is 0 Å². The predicted molar refractivity (Wildman–Crippen MR) is 131 cm³/mol. The highest BCUT2D eigenvalue weighted by Crippen LogP contribution is 2.34. The van der Waals surface area contributed by atoms with Crippen molar-refractivity contribution >= 4 is 32.5 Å². The third-order valence-corrected chi connectivity index (χ3v) is 7.36. The molecule has 0 saturated carbocycles. The third-order valence-electron chi connectivity index (χ3n) is 6.30. The lowest BCUT2D eigenvalue weighted by atomic mass is 10.0. The Labute approximate surface area is 195 Å². The van der Waals surface area contributed by atoms with Crippen molar-refractivity contribution < 1.29 is 14.6 Å². The van der Waals surface area contributed by atoms with Crippen molar-refractivity contribution in [3.05, 3.63) is 57.9 Å². The number of aromatic nitrogens is 1. The summed E-state index contributed by atoms with van der Waals surface area (Å²) in [6, 6.07) is 11.1. The molecule has 0 spiro atoms. The predicted octanol–water partition coefficient (Wildman–Crippen LogP) is 3.45. The van der Waals surface area contributed by atoms with Gasteiger partial charge in [0.15, 0.2) is 0 Å². The minimum absolute atomic E-state index is 0.110. The second-order valence-electron chi connectivity index (χ2n) is 8.35. The number of aromatic hydroxyl groups is 1. The number of rotatable bonds is 6. The van der Waals surface area contributed by atoms with Crippen LogP contribution in [0.25, 0.3) is 31.8 Å². The molecule has 0 aliphatic carbocycles. The largest absolute Gasteiger partial charge is 0.507 e. The number of aliphatic hydroxyl groups excluding tert-OH is 1. The first-order chi connectivity index (χ1) is 16.1. The highest BCUT2D eigenvalue weighted by atomic mass is 32.1.